The van der Waals surface area contributed by atoms with Gasteiger partial charge < -0.3 is 5.32 Å². The summed E-state index contributed by atoms with van der Waals surface area (Å²) in [5.41, 5.74) is 2.28. The topological polar surface area (TPSA) is 29.1 Å². The second kappa shape index (κ2) is 14.1. The standard InChI is InChI=1S/C22H37NO/c1-3-5-7-8-9-10-11-12-13-15-22(24)23-21-18-16-20(17-19-21)14-6-4-2/h16-19H,3-15H2,1-2H3,(H,23,24). The van der Waals surface area contributed by atoms with Crippen LogP contribution in [0, 0.1) is 0 Å². The number of unbranched alkanes of at least 4 members (excludes halogenated alkanes) is 9. The number of carbonyl (C=O) groups is 1. The molecule has 0 saturated carbocycles. The first kappa shape index (κ1) is 20.7. The van der Waals surface area contributed by atoms with E-state index in [0.717, 1.165) is 18.5 Å². The number of carbonyl (C=O) groups excluding carboxylic acids is 1. The van der Waals surface area contributed by atoms with Crippen molar-refractivity contribution in [1.82, 2.24) is 0 Å². The minimum atomic E-state index is 0.152. The summed E-state index contributed by atoms with van der Waals surface area (Å²) in [5, 5.41) is 3.01. The predicted octanol–water partition coefficient (Wildman–Crippen LogP) is 6.89. The molecule has 0 atom stereocenters. The van der Waals surface area contributed by atoms with Gasteiger partial charge in [0.2, 0.25) is 5.91 Å². The largest absolute Gasteiger partial charge is 0.326 e. The fourth-order valence-corrected chi connectivity index (χ4v) is 2.96. The van der Waals surface area contributed by atoms with Crippen molar-refractivity contribution in [3.63, 3.8) is 0 Å². The van der Waals surface area contributed by atoms with Crippen molar-refractivity contribution >= 4 is 11.6 Å². The molecule has 136 valence electrons. The maximum Gasteiger partial charge on any atom is 0.224 e. The molecule has 1 aromatic rings. The number of anilines is 1. The predicted molar refractivity (Wildman–Crippen MR) is 106 cm³/mol. The molecule has 0 unspecified atom stereocenters. The quantitative estimate of drug-likeness (QED) is 0.369. The Hall–Kier alpha value is -1.31. The van der Waals surface area contributed by atoms with Crippen LogP contribution in [0.4, 0.5) is 5.69 Å². The molecule has 2 nitrogen and oxygen atoms in total. The van der Waals surface area contributed by atoms with Crippen LogP contribution in [0.25, 0.3) is 0 Å². The van der Waals surface area contributed by atoms with Gasteiger partial charge in [-0.2, -0.15) is 0 Å². The lowest BCUT2D eigenvalue weighted by Crippen LogP contribution is -2.11. The summed E-state index contributed by atoms with van der Waals surface area (Å²) in [6.45, 7) is 4.47. The highest BCUT2D eigenvalue weighted by atomic mass is 16.1. The zero-order valence-corrected chi connectivity index (χ0v) is 15.9. The third-order valence-corrected chi connectivity index (χ3v) is 4.56. The molecule has 1 N–H and O–H groups in total. The Morgan fingerprint density at radius 1 is 0.750 bits per heavy atom. The summed E-state index contributed by atoms with van der Waals surface area (Å²) in [5.74, 6) is 0.152. The van der Waals surface area contributed by atoms with Gasteiger partial charge in [0.15, 0.2) is 0 Å². The number of hydrogen-bond donors (Lipinski definition) is 1. The molecule has 24 heavy (non-hydrogen) atoms. The molecule has 1 aromatic carbocycles. The molecule has 0 aliphatic rings. The van der Waals surface area contributed by atoms with Crippen molar-refractivity contribution in [2.45, 2.75) is 97.3 Å². The first-order valence-corrected chi connectivity index (χ1v) is 10.1. The molecule has 0 aromatic heterocycles. The second-order valence-electron chi connectivity index (χ2n) is 6.93. The summed E-state index contributed by atoms with van der Waals surface area (Å²) in [6, 6.07) is 8.31. The number of benzene rings is 1. The van der Waals surface area contributed by atoms with Gasteiger partial charge in [-0.25, -0.2) is 0 Å². The van der Waals surface area contributed by atoms with E-state index in [4.69, 9.17) is 0 Å². The van der Waals surface area contributed by atoms with Crippen LogP contribution in [0.1, 0.15) is 96.5 Å². The zero-order chi connectivity index (χ0) is 17.5. The van der Waals surface area contributed by atoms with Crippen molar-refractivity contribution in [3.8, 4) is 0 Å². The lowest BCUT2D eigenvalue weighted by molar-refractivity contribution is -0.116. The fourth-order valence-electron chi connectivity index (χ4n) is 2.96. The first-order valence-electron chi connectivity index (χ1n) is 10.1. The molecule has 0 spiro atoms. The molecular weight excluding hydrogens is 294 g/mol. The van der Waals surface area contributed by atoms with Gasteiger partial charge in [0, 0.05) is 12.1 Å². The highest BCUT2D eigenvalue weighted by molar-refractivity contribution is 5.90. The van der Waals surface area contributed by atoms with Crippen LogP contribution in [0.2, 0.25) is 0 Å². The molecule has 2 heteroatoms. The van der Waals surface area contributed by atoms with Gasteiger partial charge >= 0.3 is 0 Å². The first-order chi connectivity index (χ1) is 11.8. The molecule has 0 radical (unpaired) electrons. The number of amides is 1. The third kappa shape index (κ3) is 10.5. The van der Waals surface area contributed by atoms with Crippen LogP contribution < -0.4 is 5.32 Å². The Kier molecular flexibility index (Phi) is 12.2. The van der Waals surface area contributed by atoms with Crippen LogP contribution in [0.15, 0.2) is 24.3 Å². The average molecular weight is 332 g/mol. The number of hydrogen-bond acceptors (Lipinski definition) is 1. The summed E-state index contributed by atoms with van der Waals surface area (Å²) < 4.78 is 0. The maximum absolute atomic E-state index is 12.0. The third-order valence-electron chi connectivity index (χ3n) is 4.56. The van der Waals surface area contributed by atoms with Crippen molar-refractivity contribution < 1.29 is 4.79 Å². The molecule has 0 fully saturated rings. The highest BCUT2D eigenvalue weighted by Gasteiger charge is 2.02. The van der Waals surface area contributed by atoms with Crippen LogP contribution in [-0.4, -0.2) is 5.91 Å². The fraction of sp³-hybridized carbons (Fsp3) is 0.682. The van der Waals surface area contributed by atoms with Crippen molar-refractivity contribution in [2.75, 3.05) is 5.32 Å². The molecule has 0 saturated heterocycles. The van der Waals surface area contributed by atoms with E-state index in [-0.39, 0.29) is 5.91 Å². The molecule has 1 rings (SSSR count). The van der Waals surface area contributed by atoms with E-state index >= 15 is 0 Å². The Bertz CT molecular complexity index is 424. The molecule has 0 aliphatic heterocycles. The van der Waals surface area contributed by atoms with Crippen LogP contribution in [0.5, 0.6) is 0 Å². The minimum absolute atomic E-state index is 0.152. The van der Waals surface area contributed by atoms with Gasteiger partial charge in [-0.05, 0) is 37.0 Å². The Balaban J connectivity index is 2.05. The summed E-state index contributed by atoms with van der Waals surface area (Å²) in [7, 11) is 0. The van der Waals surface area contributed by atoms with Gasteiger partial charge in [-0.3, -0.25) is 4.79 Å². The van der Waals surface area contributed by atoms with E-state index in [1.54, 1.807) is 0 Å². The van der Waals surface area contributed by atoms with Crippen molar-refractivity contribution in [3.05, 3.63) is 29.8 Å². The zero-order valence-electron chi connectivity index (χ0n) is 15.9. The lowest BCUT2D eigenvalue weighted by Gasteiger charge is -2.07. The van der Waals surface area contributed by atoms with Gasteiger partial charge in [-0.1, -0.05) is 83.8 Å². The van der Waals surface area contributed by atoms with Crippen molar-refractivity contribution in [1.29, 1.82) is 0 Å². The molecule has 1 amide bonds. The molecular formula is C22H37NO. The van der Waals surface area contributed by atoms with E-state index in [0.29, 0.717) is 6.42 Å². The van der Waals surface area contributed by atoms with Gasteiger partial charge in [-0.15, -0.1) is 0 Å². The van der Waals surface area contributed by atoms with Crippen LogP contribution in [-0.2, 0) is 11.2 Å². The van der Waals surface area contributed by atoms with E-state index in [9.17, 15) is 4.79 Å². The normalized spacial score (nSPS) is 10.8. The van der Waals surface area contributed by atoms with Gasteiger partial charge in [0.25, 0.3) is 0 Å². The SMILES string of the molecule is CCCCCCCCCCCC(=O)Nc1ccc(CCCC)cc1. The van der Waals surface area contributed by atoms with Crippen LogP contribution in [0.3, 0.4) is 0 Å². The summed E-state index contributed by atoms with van der Waals surface area (Å²) >= 11 is 0. The number of rotatable bonds is 14. The smallest absolute Gasteiger partial charge is 0.224 e. The van der Waals surface area contributed by atoms with E-state index in [1.807, 2.05) is 12.1 Å². The Labute approximate surface area is 149 Å². The average Bonchev–Trinajstić information content (AvgIpc) is 2.60. The molecule has 0 bridgehead atoms. The highest BCUT2D eigenvalue weighted by Crippen LogP contribution is 2.14. The Morgan fingerprint density at radius 2 is 1.29 bits per heavy atom. The summed E-state index contributed by atoms with van der Waals surface area (Å²) in [6.07, 6.45) is 15.8. The minimum Gasteiger partial charge on any atom is -0.326 e. The van der Waals surface area contributed by atoms with Gasteiger partial charge in [0.05, 0.1) is 0 Å². The summed E-state index contributed by atoms with van der Waals surface area (Å²) in [4.78, 5) is 12.0. The second-order valence-corrected chi connectivity index (χ2v) is 6.93. The van der Waals surface area contributed by atoms with Crippen LogP contribution >= 0.6 is 0 Å². The Morgan fingerprint density at radius 3 is 1.88 bits per heavy atom. The molecule has 0 aliphatic carbocycles. The number of aryl methyl sites for hydroxylation is 1. The van der Waals surface area contributed by atoms with Crippen molar-refractivity contribution in [2.24, 2.45) is 0 Å². The monoisotopic (exact) mass is 331 g/mol. The van der Waals surface area contributed by atoms with E-state index < -0.39 is 0 Å². The van der Waals surface area contributed by atoms with Gasteiger partial charge in [0.1, 0.15) is 0 Å². The number of nitrogens with one attached hydrogen (secondary N) is 1. The lowest BCUT2D eigenvalue weighted by atomic mass is 10.1. The molecule has 0 heterocycles. The van der Waals surface area contributed by atoms with E-state index in [1.165, 1.54) is 69.8 Å². The maximum atomic E-state index is 12.0. The van der Waals surface area contributed by atoms with E-state index in [2.05, 4.69) is 31.3 Å².